The topological polar surface area (TPSA) is 58.1 Å². The van der Waals surface area contributed by atoms with Gasteiger partial charge in [-0.2, -0.15) is 0 Å². The number of carbonyl (C=O) groups excluding carboxylic acids is 1. The maximum absolute atomic E-state index is 12.4. The van der Waals surface area contributed by atoms with E-state index in [0.29, 0.717) is 5.82 Å². The van der Waals surface area contributed by atoms with E-state index in [4.69, 9.17) is 0 Å². The maximum Gasteiger partial charge on any atom is 0.275 e. The largest absolute Gasteiger partial charge is 0.328 e. The molecule has 1 aromatic heterocycles. The molecular weight excluding hydrogens is 336 g/mol. The minimum absolute atomic E-state index is 0.0780. The highest BCUT2D eigenvalue weighted by atomic mass is 16.1. The number of hydrogen-bond acceptors (Lipinski definition) is 4. The fourth-order valence-electron chi connectivity index (χ4n) is 2.64. The third kappa shape index (κ3) is 4.50. The summed E-state index contributed by atoms with van der Waals surface area (Å²) in [5.41, 5.74) is 3.31. The fraction of sp³-hybridized carbons (Fsp3) is 0.227. The summed E-state index contributed by atoms with van der Waals surface area (Å²) in [5, 5.41) is 2.86. The van der Waals surface area contributed by atoms with Crippen molar-refractivity contribution in [2.24, 2.45) is 0 Å². The first kappa shape index (κ1) is 18.6. The van der Waals surface area contributed by atoms with Gasteiger partial charge in [0.25, 0.3) is 5.91 Å². The molecule has 0 saturated heterocycles. The lowest BCUT2D eigenvalue weighted by atomic mass is 9.87. The number of anilines is 3. The molecule has 0 bridgehead atoms. The zero-order valence-electron chi connectivity index (χ0n) is 16.1. The molecule has 0 spiro atoms. The molecule has 3 aromatic rings. The van der Waals surface area contributed by atoms with Gasteiger partial charge in [-0.1, -0.05) is 51.1 Å². The molecule has 1 N–H and O–H groups in total. The van der Waals surface area contributed by atoms with E-state index in [2.05, 4.69) is 36.1 Å². The number of nitrogens with zero attached hydrogens (tertiary/aromatic N) is 3. The Morgan fingerprint density at radius 2 is 1.59 bits per heavy atom. The number of rotatable bonds is 4. The minimum atomic E-state index is -0.278. The highest BCUT2D eigenvalue weighted by Crippen LogP contribution is 2.24. The lowest BCUT2D eigenvalue weighted by Gasteiger charge is -2.19. The van der Waals surface area contributed by atoms with Crippen molar-refractivity contribution in [3.63, 3.8) is 0 Å². The van der Waals surface area contributed by atoms with E-state index >= 15 is 0 Å². The van der Waals surface area contributed by atoms with Gasteiger partial charge in [0.1, 0.15) is 5.69 Å². The van der Waals surface area contributed by atoms with E-state index in [1.165, 1.54) is 11.8 Å². The van der Waals surface area contributed by atoms with Crippen LogP contribution in [0.25, 0.3) is 0 Å². The third-order valence-corrected chi connectivity index (χ3v) is 4.37. The molecule has 3 rings (SSSR count). The predicted octanol–water partition coefficient (Wildman–Crippen LogP) is 4.79. The molecular formula is C22H24N4O. The van der Waals surface area contributed by atoms with Crippen LogP contribution < -0.4 is 10.2 Å². The Hall–Kier alpha value is -3.21. The molecule has 0 aliphatic carbocycles. The summed E-state index contributed by atoms with van der Waals surface area (Å²) in [7, 11) is 1.91. The van der Waals surface area contributed by atoms with Gasteiger partial charge in [-0.3, -0.25) is 4.79 Å². The molecule has 0 unspecified atom stereocenters. The Morgan fingerprint density at radius 1 is 0.926 bits per heavy atom. The Morgan fingerprint density at radius 3 is 2.15 bits per heavy atom. The van der Waals surface area contributed by atoms with Crippen molar-refractivity contribution >= 4 is 23.1 Å². The van der Waals surface area contributed by atoms with Gasteiger partial charge >= 0.3 is 0 Å². The van der Waals surface area contributed by atoms with E-state index in [9.17, 15) is 4.79 Å². The van der Waals surface area contributed by atoms with Crippen molar-refractivity contribution in [1.82, 2.24) is 9.97 Å². The average Bonchev–Trinajstić information content (AvgIpc) is 2.68. The normalized spacial score (nSPS) is 11.1. The lowest BCUT2D eigenvalue weighted by Crippen LogP contribution is -2.16. The summed E-state index contributed by atoms with van der Waals surface area (Å²) in [6.07, 6.45) is 3.10. The van der Waals surface area contributed by atoms with Crippen LogP contribution in [0.2, 0.25) is 0 Å². The van der Waals surface area contributed by atoms with Crippen LogP contribution in [0, 0.1) is 0 Å². The van der Waals surface area contributed by atoms with Crippen LogP contribution in [-0.4, -0.2) is 22.9 Å². The molecule has 1 amide bonds. The fourth-order valence-corrected chi connectivity index (χ4v) is 2.64. The maximum atomic E-state index is 12.4. The van der Waals surface area contributed by atoms with Crippen molar-refractivity contribution in [2.45, 2.75) is 26.2 Å². The summed E-state index contributed by atoms with van der Waals surface area (Å²) in [6, 6.07) is 17.7. The molecule has 0 atom stereocenters. The second kappa shape index (κ2) is 7.58. The quantitative estimate of drug-likeness (QED) is 0.726. The van der Waals surface area contributed by atoms with Crippen molar-refractivity contribution in [2.75, 3.05) is 17.3 Å². The first-order valence-electron chi connectivity index (χ1n) is 8.87. The van der Waals surface area contributed by atoms with Gasteiger partial charge in [0.05, 0.1) is 12.4 Å². The smallest absolute Gasteiger partial charge is 0.275 e. The first-order valence-corrected chi connectivity index (χ1v) is 8.87. The van der Waals surface area contributed by atoms with Crippen LogP contribution in [0.3, 0.4) is 0 Å². The average molecular weight is 360 g/mol. The molecule has 27 heavy (non-hydrogen) atoms. The Kier molecular flexibility index (Phi) is 5.21. The Bertz CT molecular complexity index is 898. The number of aromatic nitrogens is 2. The predicted molar refractivity (Wildman–Crippen MR) is 110 cm³/mol. The standard InChI is InChI=1S/C22H24N4O/c1-22(2,3)16-10-12-17(13-11-16)25-21(27)19-14-24-20(15-23-19)26(4)18-8-6-5-7-9-18/h5-15H,1-4H3,(H,25,27). The van der Waals surface area contributed by atoms with Gasteiger partial charge in [0.2, 0.25) is 0 Å². The molecule has 5 nitrogen and oxygen atoms in total. The summed E-state index contributed by atoms with van der Waals surface area (Å²) in [4.78, 5) is 23.0. The molecule has 0 aliphatic heterocycles. The second-order valence-corrected chi connectivity index (χ2v) is 7.44. The van der Waals surface area contributed by atoms with Gasteiger partial charge in [0, 0.05) is 18.4 Å². The highest BCUT2D eigenvalue weighted by molar-refractivity contribution is 6.02. The van der Waals surface area contributed by atoms with Gasteiger partial charge in [-0.05, 0) is 35.2 Å². The zero-order chi connectivity index (χ0) is 19.4. The first-order chi connectivity index (χ1) is 12.8. The molecule has 0 fully saturated rings. The number of benzene rings is 2. The monoisotopic (exact) mass is 360 g/mol. The summed E-state index contributed by atoms with van der Waals surface area (Å²) >= 11 is 0. The van der Waals surface area contributed by atoms with Crippen molar-refractivity contribution in [3.8, 4) is 0 Å². The molecule has 1 heterocycles. The van der Waals surface area contributed by atoms with Crippen LogP contribution in [0.1, 0.15) is 36.8 Å². The molecule has 2 aromatic carbocycles. The molecule has 0 aliphatic rings. The van der Waals surface area contributed by atoms with Gasteiger partial charge in [-0.15, -0.1) is 0 Å². The number of hydrogen-bond donors (Lipinski definition) is 1. The van der Waals surface area contributed by atoms with E-state index in [1.807, 2.05) is 66.5 Å². The van der Waals surface area contributed by atoms with E-state index in [1.54, 1.807) is 6.20 Å². The number of amides is 1. The molecule has 0 radical (unpaired) electrons. The van der Waals surface area contributed by atoms with Crippen LogP contribution in [-0.2, 0) is 5.41 Å². The Balaban J connectivity index is 1.69. The SMILES string of the molecule is CN(c1ccccc1)c1cnc(C(=O)Nc2ccc(C(C)(C)C)cc2)cn1. The zero-order valence-corrected chi connectivity index (χ0v) is 16.1. The third-order valence-electron chi connectivity index (χ3n) is 4.37. The summed E-state index contributed by atoms with van der Waals surface area (Å²) < 4.78 is 0. The number of carbonyl (C=O) groups is 1. The van der Waals surface area contributed by atoms with E-state index < -0.39 is 0 Å². The molecule has 138 valence electrons. The lowest BCUT2D eigenvalue weighted by molar-refractivity contribution is 0.102. The van der Waals surface area contributed by atoms with Crippen LogP contribution in [0.5, 0.6) is 0 Å². The van der Waals surface area contributed by atoms with Crippen LogP contribution >= 0.6 is 0 Å². The van der Waals surface area contributed by atoms with Crippen molar-refractivity contribution in [3.05, 3.63) is 78.2 Å². The summed E-state index contributed by atoms with van der Waals surface area (Å²) in [5.74, 6) is 0.396. The van der Waals surface area contributed by atoms with Gasteiger partial charge in [-0.25, -0.2) is 9.97 Å². The van der Waals surface area contributed by atoms with Gasteiger partial charge in [0.15, 0.2) is 5.82 Å². The number of nitrogens with one attached hydrogen (secondary N) is 1. The van der Waals surface area contributed by atoms with Crippen molar-refractivity contribution < 1.29 is 4.79 Å². The number of para-hydroxylation sites is 1. The van der Waals surface area contributed by atoms with Gasteiger partial charge < -0.3 is 10.2 Å². The Labute approximate surface area is 160 Å². The molecule has 0 saturated carbocycles. The summed E-state index contributed by atoms with van der Waals surface area (Å²) in [6.45, 7) is 6.47. The van der Waals surface area contributed by atoms with Crippen LogP contribution in [0.15, 0.2) is 67.0 Å². The van der Waals surface area contributed by atoms with Crippen molar-refractivity contribution in [1.29, 1.82) is 0 Å². The minimum Gasteiger partial charge on any atom is -0.328 e. The van der Waals surface area contributed by atoms with Crippen LogP contribution in [0.4, 0.5) is 17.2 Å². The molecule has 5 heteroatoms. The second-order valence-electron chi connectivity index (χ2n) is 7.44. The van der Waals surface area contributed by atoms with E-state index in [0.717, 1.165) is 11.4 Å². The van der Waals surface area contributed by atoms with E-state index in [-0.39, 0.29) is 17.0 Å². The highest BCUT2D eigenvalue weighted by Gasteiger charge is 2.14.